The van der Waals surface area contributed by atoms with Gasteiger partial charge >= 0.3 is 17.8 Å². The molecule has 0 aliphatic rings. The highest BCUT2D eigenvalue weighted by molar-refractivity contribution is 9.10. The molecule has 0 heterocycles. The van der Waals surface area contributed by atoms with Crippen LogP contribution in [0.15, 0.2) is 94.5 Å². The van der Waals surface area contributed by atoms with Crippen molar-refractivity contribution in [3.63, 3.8) is 0 Å². The Balaban J connectivity index is 1.40. The molecule has 0 spiro atoms. The number of nitrogens with zero attached hydrogens (tertiary/aromatic N) is 1. The van der Waals surface area contributed by atoms with Gasteiger partial charge in [0.2, 0.25) is 0 Å². The van der Waals surface area contributed by atoms with E-state index in [1.165, 1.54) is 6.21 Å². The van der Waals surface area contributed by atoms with Crippen molar-refractivity contribution < 1.29 is 23.9 Å². The lowest BCUT2D eigenvalue weighted by molar-refractivity contribution is -0.136. The van der Waals surface area contributed by atoms with E-state index < -0.39 is 17.8 Å². The Kier molecular flexibility index (Phi) is 8.84. The third-order valence-corrected chi connectivity index (χ3v) is 5.84. The van der Waals surface area contributed by atoms with Crippen molar-refractivity contribution in [3.05, 3.63) is 101 Å². The van der Waals surface area contributed by atoms with Gasteiger partial charge in [0.15, 0.2) is 0 Å². The van der Waals surface area contributed by atoms with Gasteiger partial charge in [0, 0.05) is 21.1 Å². The number of halogens is 1. The molecular formula is C29H24BrN3O5. The van der Waals surface area contributed by atoms with Crippen LogP contribution in [-0.4, -0.2) is 30.6 Å². The molecule has 2 N–H and O–H groups in total. The molecule has 0 bridgehead atoms. The highest BCUT2D eigenvalue weighted by atomic mass is 79.9. The average molecular weight is 574 g/mol. The van der Waals surface area contributed by atoms with Crippen LogP contribution in [0.5, 0.6) is 11.5 Å². The van der Waals surface area contributed by atoms with Crippen molar-refractivity contribution in [2.24, 2.45) is 5.10 Å². The van der Waals surface area contributed by atoms with Crippen LogP contribution < -0.4 is 20.2 Å². The standard InChI is InChI=1S/C29H24BrN3O5/c1-2-16-37-23-13-10-20(11-14-23)29(36)38-26-15-12-22(30)17-21(26)18-31-33-28(35)27(34)32-25-9-5-7-19-6-3-4-8-24(19)25/h3-15,17-18H,2,16H2,1H3,(H,32,34)(H,33,35). The number of esters is 1. The summed E-state index contributed by atoms with van der Waals surface area (Å²) in [5.74, 6) is -1.50. The molecule has 4 aromatic rings. The van der Waals surface area contributed by atoms with Crippen LogP contribution in [0.2, 0.25) is 0 Å². The maximum Gasteiger partial charge on any atom is 0.343 e. The van der Waals surface area contributed by atoms with Crippen molar-refractivity contribution in [2.75, 3.05) is 11.9 Å². The number of nitrogens with one attached hydrogen (secondary N) is 2. The second-order valence-corrected chi connectivity index (χ2v) is 9.04. The number of benzene rings is 4. The summed E-state index contributed by atoms with van der Waals surface area (Å²) in [5, 5.41) is 8.22. The third kappa shape index (κ3) is 6.83. The minimum Gasteiger partial charge on any atom is -0.494 e. The summed E-state index contributed by atoms with van der Waals surface area (Å²) in [4.78, 5) is 37.4. The SMILES string of the molecule is CCCOc1ccc(C(=O)Oc2ccc(Br)cc2C=NNC(=O)C(=O)Nc2cccc3ccccc23)cc1. The molecule has 9 heteroatoms. The minimum atomic E-state index is -0.951. The van der Waals surface area contributed by atoms with E-state index in [4.69, 9.17) is 9.47 Å². The number of amides is 2. The zero-order valence-corrected chi connectivity index (χ0v) is 22.0. The lowest BCUT2D eigenvalue weighted by Gasteiger charge is -2.09. The first kappa shape index (κ1) is 26.6. The molecule has 0 aromatic heterocycles. The quantitative estimate of drug-likeness (QED) is 0.0924. The number of rotatable bonds is 8. The van der Waals surface area contributed by atoms with E-state index >= 15 is 0 Å². The number of anilines is 1. The maximum atomic E-state index is 12.7. The first-order valence-corrected chi connectivity index (χ1v) is 12.6. The minimum absolute atomic E-state index is 0.225. The highest BCUT2D eigenvalue weighted by Crippen LogP contribution is 2.24. The Morgan fingerprint density at radius 2 is 1.68 bits per heavy atom. The van der Waals surface area contributed by atoms with Crippen molar-refractivity contribution in [2.45, 2.75) is 13.3 Å². The van der Waals surface area contributed by atoms with Crippen LogP contribution in [0, 0.1) is 0 Å². The number of fused-ring (bicyclic) bond motifs is 1. The molecule has 0 radical (unpaired) electrons. The summed E-state index contributed by atoms with van der Waals surface area (Å²) in [6.45, 7) is 2.60. The zero-order valence-electron chi connectivity index (χ0n) is 20.4. The van der Waals surface area contributed by atoms with Gasteiger partial charge in [-0.2, -0.15) is 5.10 Å². The first-order chi connectivity index (χ1) is 18.4. The Labute approximate surface area is 227 Å². The highest BCUT2D eigenvalue weighted by Gasteiger charge is 2.15. The summed E-state index contributed by atoms with van der Waals surface area (Å²) in [6.07, 6.45) is 2.17. The average Bonchev–Trinajstić information content (AvgIpc) is 2.93. The number of carbonyl (C=O) groups is 3. The monoisotopic (exact) mass is 573 g/mol. The number of hydrazone groups is 1. The van der Waals surface area contributed by atoms with Gasteiger partial charge in [-0.25, -0.2) is 10.2 Å². The molecule has 192 valence electrons. The van der Waals surface area contributed by atoms with Gasteiger partial charge in [-0.3, -0.25) is 9.59 Å². The normalized spacial score (nSPS) is 10.8. The van der Waals surface area contributed by atoms with Gasteiger partial charge < -0.3 is 14.8 Å². The fourth-order valence-electron chi connectivity index (χ4n) is 3.50. The van der Waals surface area contributed by atoms with E-state index in [2.05, 4.69) is 31.8 Å². The molecule has 0 saturated heterocycles. The number of ether oxygens (including phenoxy) is 2. The number of carbonyl (C=O) groups excluding carboxylic acids is 3. The van der Waals surface area contributed by atoms with Crippen LogP contribution >= 0.6 is 15.9 Å². The molecule has 38 heavy (non-hydrogen) atoms. The predicted octanol–water partition coefficient (Wildman–Crippen LogP) is 5.70. The molecule has 0 fully saturated rings. The molecule has 0 aliphatic carbocycles. The van der Waals surface area contributed by atoms with Crippen molar-refractivity contribution in [1.29, 1.82) is 0 Å². The first-order valence-electron chi connectivity index (χ1n) is 11.8. The second kappa shape index (κ2) is 12.6. The van der Waals surface area contributed by atoms with E-state index in [0.717, 1.165) is 17.2 Å². The van der Waals surface area contributed by atoms with Crippen LogP contribution in [0.4, 0.5) is 5.69 Å². The Morgan fingerprint density at radius 1 is 0.921 bits per heavy atom. The van der Waals surface area contributed by atoms with Gasteiger partial charge in [-0.15, -0.1) is 0 Å². The van der Waals surface area contributed by atoms with Crippen LogP contribution in [-0.2, 0) is 9.59 Å². The fourth-order valence-corrected chi connectivity index (χ4v) is 3.88. The van der Waals surface area contributed by atoms with Gasteiger partial charge in [0.25, 0.3) is 0 Å². The molecular weight excluding hydrogens is 550 g/mol. The molecule has 4 aromatic carbocycles. The van der Waals surface area contributed by atoms with Crippen LogP contribution in [0.1, 0.15) is 29.3 Å². The lowest BCUT2D eigenvalue weighted by Crippen LogP contribution is -2.32. The zero-order chi connectivity index (χ0) is 26.9. The molecule has 2 amide bonds. The number of hydrogen-bond acceptors (Lipinski definition) is 6. The molecule has 8 nitrogen and oxygen atoms in total. The van der Waals surface area contributed by atoms with E-state index in [1.807, 2.05) is 37.3 Å². The number of hydrogen-bond donors (Lipinski definition) is 2. The largest absolute Gasteiger partial charge is 0.494 e. The lowest BCUT2D eigenvalue weighted by atomic mass is 10.1. The van der Waals surface area contributed by atoms with Crippen molar-refractivity contribution in [1.82, 2.24) is 5.43 Å². The Hall–Kier alpha value is -4.50. The van der Waals surface area contributed by atoms with Crippen molar-refractivity contribution in [3.8, 4) is 11.5 Å². The van der Waals surface area contributed by atoms with Crippen LogP contribution in [0.3, 0.4) is 0 Å². The Bertz CT molecular complexity index is 1500. The van der Waals surface area contributed by atoms with Crippen molar-refractivity contribution >= 4 is 56.4 Å². The summed E-state index contributed by atoms with van der Waals surface area (Å²) < 4.78 is 11.8. The third-order valence-electron chi connectivity index (χ3n) is 5.35. The molecule has 4 rings (SSSR count). The molecule has 0 unspecified atom stereocenters. The summed E-state index contributed by atoms with van der Waals surface area (Å²) in [7, 11) is 0. The van der Waals surface area contributed by atoms with Gasteiger partial charge in [0.1, 0.15) is 11.5 Å². The topological polar surface area (TPSA) is 106 Å². The van der Waals surface area contributed by atoms with Crippen LogP contribution in [0.25, 0.3) is 10.8 Å². The maximum absolute atomic E-state index is 12.7. The summed E-state index contributed by atoms with van der Waals surface area (Å²) >= 11 is 3.37. The smallest absolute Gasteiger partial charge is 0.343 e. The summed E-state index contributed by atoms with van der Waals surface area (Å²) in [5.41, 5.74) is 3.47. The summed E-state index contributed by atoms with van der Waals surface area (Å²) in [6, 6.07) is 24.5. The predicted molar refractivity (Wildman–Crippen MR) is 150 cm³/mol. The van der Waals surface area contributed by atoms with Gasteiger partial charge in [-0.1, -0.05) is 59.3 Å². The van der Waals surface area contributed by atoms with E-state index in [0.29, 0.717) is 33.6 Å². The van der Waals surface area contributed by atoms with Gasteiger partial charge in [0.05, 0.1) is 18.4 Å². The fraction of sp³-hybridized carbons (Fsp3) is 0.103. The van der Waals surface area contributed by atoms with E-state index in [1.54, 1.807) is 54.6 Å². The van der Waals surface area contributed by atoms with Gasteiger partial charge in [-0.05, 0) is 60.3 Å². The molecule has 0 atom stereocenters. The van der Waals surface area contributed by atoms with E-state index in [-0.39, 0.29) is 5.75 Å². The Morgan fingerprint density at radius 3 is 2.47 bits per heavy atom. The molecule has 0 saturated carbocycles. The molecule has 0 aliphatic heterocycles. The second-order valence-electron chi connectivity index (χ2n) is 8.12. The van der Waals surface area contributed by atoms with E-state index in [9.17, 15) is 14.4 Å².